The van der Waals surface area contributed by atoms with Crippen LogP contribution < -0.4 is 4.74 Å². The van der Waals surface area contributed by atoms with Gasteiger partial charge in [0.1, 0.15) is 17.1 Å². The summed E-state index contributed by atoms with van der Waals surface area (Å²) in [7, 11) is 1.64. The second-order valence-electron chi connectivity index (χ2n) is 8.83. The highest BCUT2D eigenvalue weighted by Gasteiger charge is 2.46. The maximum atomic E-state index is 14.0. The number of likely N-dealkylation sites (tertiary alicyclic amines) is 1. The minimum Gasteiger partial charge on any atom is -0.497 e. The number of aryl methyl sites for hydroxylation is 2. The smallest absolute Gasteiger partial charge is 0.257 e. The van der Waals surface area contributed by atoms with Gasteiger partial charge in [-0.25, -0.2) is 4.98 Å². The largest absolute Gasteiger partial charge is 0.497 e. The van der Waals surface area contributed by atoms with Gasteiger partial charge in [-0.05, 0) is 56.2 Å². The molecule has 1 N–H and O–H groups in total. The molecule has 8 heteroatoms. The van der Waals surface area contributed by atoms with Gasteiger partial charge in [0.25, 0.3) is 5.91 Å². The zero-order valence-corrected chi connectivity index (χ0v) is 19.2. The molecular weight excluding hydrogens is 416 g/mol. The van der Waals surface area contributed by atoms with E-state index >= 15 is 0 Å². The molecule has 1 fully saturated rings. The Morgan fingerprint density at radius 3 is 2.61 bits per heavy atom. The van der Waals surface area contributed by atoms with Crippen LogP contribution in [0.3, 0.4) is 0 Å². The molecule has 0 saturated carbocycles. The summed E-state index contributed by atoms with van der Waals surface area (Å²) in [4.78, 5) is 25.6. The molecule has 0 radical (unpaired) electrons. The number of hydrogen-bond acceptors (Lipinski definition) is 5. The number of benzene rings is 2. The van der Waals surface area contributed by atoms with Crippen molar-refractivity contribution in [1.29, 1.82) is 0 Å². The number of aromatic amines is 1. The monoisotopic (exact) mass is 442 g/mol. The Bertz CT molecular complexity index is 1390. The first-order valence-corrected chi connectivity index (χ1v) is 10.8. The number of rotatable bonds is 4. The quantitative estimate of drug-likeness (QED) is 0.481. The van der Waals surface area contributed by atoms with Crippen LogP contribution in [-0.2, 0) is 5.54 Å². The molecule has 1 saturated heterocycles. The van der Waals surface area contributed by atoms with Crippen molar-refractivity contribution in [3.05, 3.63) is 77.4 Å². The van der Waals surface area contributed by atoms with Crippen LogP contribution in [0.1, 0.15) is 40.7 Å². The fraction of sp³-hybridized carbons (Fsp3) is 0.280. The predicted octanol–water partition coefficient (Wildman–Crippen LogP) is 4.09. The first kappa shape index (κ1) is 20.9. The number of aromatic nitrogens is 5. The van der Waals surface area contributed by atoms with E-state index in [4.69, 9.17) is 9.72 Å². The number of carbonyl (C=O) groups is 1. The number of H-pyrrole nitrogens is 1. The summed E-state index contributed by atoms with van der Waals surface area (Å²) in [6.45, 7) is 10.7. The van der Waals surface area contributed by atoms with Crippen LogP contribution in [-0.4, -0.2) is 49.4 Å². The van der Waals surface area contributed by atoms with E-state index in [1.807, 2.05) is 56.0 Å². The van der Waals surface area contributed by atoms with Crippen LogP contribution in [0, 0.1) is 13.8 Å². The molecule has 1 amide bonds. The van der Waals surface area contributed by atoms with E-state index in [-0.39, 0.29) is 5.91 Å². The summed E-state index contributed by atoms with van der Waals surface area (Å²) in [5.41, 5.74) is 5.30. The first-order chi connectivity index (χ1) is 15.8. The molecule has 1 unspecified atom stereocenters. The maximum absolute atomic E-state index is 14.0. The lowest BCUT2D eigenvalue weighted by Crippen LogP contribution is -2.44. The summed E-state index contributed by atoms with van der Waals surface area (Å²) < 4.78 is 5.35. The van der Waals surface area contributed by atoms with Crippen molar-refractivity contribution in [2.24, 2.45) is 0 Å². The Balaban J connectivity index is 1.61. The van der Waals surface area contributed by atoms with E-state index in [2.05, 4.69) is 21.8 Å². The number of fused-ring (bicyclic) bond motifs is 1. The van der Waals surface area contributed by atoms with Gasteiger partial charge in [0.15, 0.2) is 0 Å². The summed E-state index contributed by atoms with van der Waals surface area (Å²) in [5.74, 6) is 1.36. The Morgan fingerprint density at radius 2 is 1.88 bits per heavy atom. The molecule has 8 nitrogen and oxygen atoms in total. The lowest BCUT2D eigenvalue weighted by molar-refractivity contribution is 0.0606. The highest BCUT2D eigenvalue weighted by atomic mass is 16.5. The van der Waals surface area contributed by atoms with Crippen LogP contribution in [0.2, 0.25) is 0 Å². The molecule has 0 bridgehead atoms. The van der Waals surface area contributed by atoms with Crippen molar-refractivity contribution in [3.63, 3.8) is 0 Å². The number of carbonyl (C=O) groups excluding carboxylic acids is 1. The molecule has 1 aliphatic rings. The number of ether oxygens (including phenoxy) is 1. The third kappa shape index (κ3) is 3.38. The van der Waals surface area contributed by atoms with Gasteiger partial charge in [-0.15, -0.1) is 0 Å². The molecule has 1 atom stereocenters. The SMILES string of the molecule is C=C1CN(C(=O)c2cc(C)c(C)cc2-n2nccn2)C(C)(c2nc3ccc(OC)cc3[nH]2)C1. The fourth-order valence-corrected chi connectivity index (χ4v) is 4.54. The van der Waals surface area contributed by atoms with Gasteiger partial charge >= 0.3 is 0 Å². The van der Waals surface area contributed by atoms with Gasteiger partial charge in [-0.2, -0.15) is 15.0 Å². The summed E-state index contributed by atoms with van der Waals surface area (Å²) in [6.07, 6.45) is 3.83. The molecule has 2 aromatic heterocycles. The van der Waals surface area contributed by atoms with Crippen LogP contribution >= 0.6 is 0 Å². The highest BCUT2D eigenvalue weighted by Crippen LogP contribution is 2.41. The fourth-order valence-electron chi connectivity index (χ4n) is 4.54. The van der Waals surface area contributed by atoms with Crippen LogP contribution in [0.25, 0.3) is 16.7 Å². The predicted molar refractivity (Wildman–Crippen MR) is 126 cm³/mol. The van der Waals surface area contributed by atoms with Crippen molar-refractivity contribution < 1.29 is 9.53 Å². The van der Waals surface area contributed by atoms with E-state index in [1.165, 1.54) is 4.80 Å². The molecule has 33 heavy (non-hydrogen) atoms. The van der Waals surface area contributed by atoms with Crippen molar-refractivity contribution in [3.8, 4) is 11.4 Å². The lowest BCUT2D eigenvalue weighted by atomic mass is 9.95. The second-order valence-corrected chi connectivity index (χ2v) is 8.83. The third-order valence-electron chi connectivity index (χ3n) is 6.49. The van der Waals surface area contributed by atoms with E-state index < -0.39 is 5.54 Å². The van der Waals surface area contributed by atoms with Crippen molar-refractivity contribution in [1.82, 2.24) is 29.9 Å². The first-order valence-electron chi connectivity index (χ1n) is 10.8. The zero-order chi connectivity index (χ0) is 23.3. The van der Waals surface area contributed by atoms with E-state index in [0.29, 0.717) is 24.2 Å². The van der Waals surface area contributed by atoms with Gasteiger partial charge in [0.05, 0.1) is 41.8 Å². The number of nitrogens with one attached hydrogen (secondary N) is 1. The number of methoxy groups -OCH3 is 1. The molecule has 0 spiro atoms. The zero-order valence-electron chi connectivity index (χ0n) is 19.2. The minimum atomic E-state index is -0.673. The van der Waals surface area contributed by atoms with Gasteiger partial charge in [-0.3, -0.25) is 4.79 Å². The molecule has 5 rings (SSSR count). The Morgan fingerprint density at radius 1 is 1.15 bits per heavy atom. The molecule has 2 aromatic carbocycles. The standard InChI is InChI=1S/C25H26N6O2/c1-15-13-25(4,24-28-20-7-6-18(33-5)12-21(20)29-24)30(14-15)23(32)19-10-16(2)17(3)11-22(19)31-26-8-9-27-31/h6-12H,1,13-14H2,2-5H3,(H,28,29). The summed E-state index contributed by atoms with van der Waals surface area (Å²) >= 11 is 0. The highest BCUT2D eigenvalue weighted by molar-refractivity contribution is 5.99. The van der Waals surface area contributed by atoms with Crippen LogP contribution in [0.5, 0.6) is 5.75 Å². The average molecular weight is 443 g/mol. The molecule has 4 aromatic rings. The van der Waals surface area contributed by atoms with Crippen molar-refractivity contribution in [2.45, 2.75) is 32.7 Å². The summed E-state index contributed by atoms with van der Waals surface area (Å²) in [6, 6.07) is 9.58. The second kappa shape index (κ2) is 7.58. The number of hydrogen-bond donors (Lipinski definition) is 1. The molecule has 168 valence electrons. The number of amides is 1. The molecule has 3 heterocycles. The Labute approximate surface area is 191 Å². The van der Waals surface area contributed by atoms with Gasteiger partial charge in [-0.1, -0.05) is 12.2 Å². The maximum Gasteiger partial charge on any atom is 0.257 e. The topological polar surface area (TPSA) is 88.9 Å². The van der Waals surface area contributed by atoms with E-state index in [1.54, 1.807) is 19.5 Å². The molecule has 0 aliphatic carbocycles. The Kier molecular flexibility index (Phi) is 4.81. The van der Waals surface area contributed by atoms with E-state index in [9.17, 15) is 4.79 Å². The van der Waals surface area contributed by atoms with Gasteiger partial charge in [0.2, 0.25) is 0 Å². The van der Waals surface area contributed by atoms with Crippen LogP contribution in [0.15, 0.2) is 54.9 Å². The summed E-state index contributed by atoms with van der Waals surface area (Å²) in [5, 5.41) is 8.54. The average Bonchev–Trinajstić information content (AvgIpc) is 3.53. The van der Waals surface area contributed by atoms with E-state index in [0.717, 1.165) is 39.3 Å². The van der Waals surface area contributed by atoms with Crippen molar-refractivity contribution >= 4 is 16.9 Å². The van der Waals surface area contributed by atoms with Gasteiger partial charge < -0.3 is 14.6 Å². The lowest BCUT2D eigenvalue weighted by Gasteiger charge is -2.33. The van der Waals surface area contributed by atoms with Crippen molar-refractivity contribution in [2.75, 3.05) is 13.7 Å². The normalized spacial score (nSPS) is 18.3. The number of nitrogens with zero attached hydrogens (tertiary/aromatic N) is 5. The third-order valence-corrected chi connectivity index (χ3v) is 6.49. The minimum absolute atomic E-state index is 0.107. The molecule has 1 aliphatic heterocycles. The van der Waals surface area contributed by atoms with Gasteiger partial charge in [0, 0.05) is 19.0 Å². The number of imidazole rings is 1. The Hall–Kier alpha value is -3.94. The molecular formula is C25H26N6O2. The van der Waals surface area contributed by atoms with Crippen LogP contribution in [0.4, 0.5) is 0 Å².